The quantitative estimate of drug-likeness (QED) is 0.922. The Hall–Kier alpha value is -2.44. The molecule has 2 aromatic rings. The van der Waals surface area contributed by atoms with Crippen LogP contribution in [0.15, 0.2) is 24.7 Å². The van der Waals surface area contributed by atoms with E-state index >= 15 is 0 Å². The van der Waals surface area contributed by atoms with Gasteiger partial charge in [0.25, 0.3) is 0 Å². The zero-order chi connectivity index (χ0) is 15.5. The number of hydrogen-bond acceptors (Lipinski definition) is 4. The summed E-state index contributed by atoms with van der Waals surface area (Å²) in [5.41, 5.74) is 2.96. The molecule has 0 saturated heterocycles. The summed E-state index contributed by atoms with van der Waals surface area (Å²) in [6.07, 6.45) is 5.71. The maximum Gasteiger partial charge on any atom is 0.318 e. The standard InChI is InChI=1S/C15H20N6O/c1-11(7-13-9-16-3-4-17-13)18-15(22)20-5-6-21-14(10-20)8-12(2)19-21/h3-4,8-9,11H,5-7,10H2,1-2H3,(H,18,22)/t11-/m0/s1. The second-order valence-corrected chi connectivity index (χ2v) is 5.67. The van der Waals surface area contributed by atoms with E-state index in [-0.39, 0.29) is 12.1 Å². The van der Waals surface area contributed by atoms with Crippen molar-refractivity contribution in [3.05, 3.63) is 41.7 Å². The molecule has 0 unspecified atom stereocenters. The minimum atomic E-state index is -0.0403. The first-order valence-corrected chi connectivity index (χ1v) is 7.45. The molecule has 2 amide bonds. The molecule has 22 heavy (non-hydrogen) atoms. The van der Waals surface area contributed by atoms with E-state index in [1.54, 1.807) is 18.6 Å². The summed E-state index contributed by atoms with van der Waals surface area (Å²) in [6, 6.07) is 2.00. The molecule has 2 aromatic heterocycles. The van der Waals surface area contributed by atoms with E-state index in [1.807, 2.05) is 29.5 Å². The summed E-state index contributed by atoms with van der Waals surface area (Å²) in [5.74, 6) is 0. The van der Waals surface area contributed by atoms with Crippen LogP contribution in [0.2, 0.25) is 0 Å². The van der Waals surface area contributed by atoms with Crippen molar-refractivity contribution in [3.63, 3.8) is 0 Å². The van der Waals surface area contributed by atoms with E-state index in [0.29, 0.717) is 19.5 Å². The lowest BCUT2D eigenvalue weighted by Gasteiger charge is -2.29. The highest BCUT2D eigenvalue weighted by molar-refractivity contribution is 5.74. The van der Waals surface area contributed by atoms with Gasteiger partial charge in [0.15, 0.2) is 0 Å². The first-order chi connectivity index (χ1) is 10.6. The number of carbonyl (C=O) groups excluding carboxylic acids is 1. The molecule has 0 bridgehead atoms. The van der Waals surface area contributed by atoms with Crippen molar-refractivity contribution < 1.29 is 4.79 Å². The molecular weight excluding hydrogens is 280 g/mol. The van der Waals surface area contributed by atoms with Crippen LogP contribution in [-0.4, -0.2) is 43.3 Å². The molecule has 0 aromatic carbocycles. The van der Waals surface area contributed by atoms with E-state index in [2.05, 4.69) is 20.4 Å². The minimum absolute atomic E-state index is 0.0118. The average molecular weight is 300 g/mol. The molecule has 0 radical (unpaired) electrons. The predicted octanol–water partition coefficient (Wildman–Crippen LogP) is 1.14. The van der Waals surface area contributed by atoms with Crippen LogP contribution in [0.5, 0.6) is 0 Å². The smallest absolute Gasteiger partial charge is 0.318 e. The number of rotatable bonds is 3. The average Bonchev–Trinajstić information content (AvgIpc) is 2.87. The van der Waals surface area contributed by atoms with Gasteiger partial charge in [-0.25, -0.2) is 4.79 Å². The fraction of sp³-hybridized carbons (Fsp3) is 0.467. The monoisotopic (exact) mass is 300 g/mol. The molecule has 7 heteroatoms. The third-order valence-electron chi connectivity index (χ3n) is 3.71. The van der Waals surface area contributed by atoms with E-state index < -0.39 is 0 Å². The van der Waals surface area contributed by atoms with Crippen LogP contribution < -0.4 is 5.32 Å². The Labute approximate surface area is 129 Å². The number of aryl methyl sites for hydroxylation is 1. The van der Waals surface area contributed by atoms with Crippen molar-refractivity contribution in [2.75, 3.05) is 6.54 Å². The molecule has 0 spiro atoms. The topological polar surface area (TPSA) is 75.9 Å². The maximum atomic E-state index is 12.4. The van der Waals surface area contributed by atoms with Crippen LogP contribution in [0, 0.1) is 6.92 Å². The number of carbonyl (C=O) groups is 1. The molecule has 0 saturated carbocycles. The van der Waals surface area contributed by atoms with Gasteiger partial charge >= 0.3 is 6.03 Å². The zero-order valence-corrected chi connectivity index (χ0v) is 12.9. The lowest BCUT2D eigenvalue weighted by molar-refractivity contribution is 0.178. The Balaban J connectivity index is 1.56. The van der Waals surface area contributed by atoms with Crippen LogP contribution in [0.1, 0.15) is 24.0 Å². The Morgan fingerprint density at radius 1 is 1.41 bits per heavy atom. The van der Waals surface area contributed by atoms with Gasteiger partial charge in [0.1, 0.15) is 0 Å². The lowest BCUT2D eigenvalue weighted by Crippen LogP contribution is -2.47. The van der Waals surface area contributed by atoms with E-state index in [9.17, 15) is 4.79 Å². The first-order valence-electron chi connectivity index (χ1n) is 7.45. The van der Waals surface area contributed by atoms with Gasteiger partial charge in [-0.15, -0.1) is 0 Å². The van der Waals surface area contributed by atoms with E-state index in [4.69, 9.17) is 0 Å². The molecule has 0 aliphatic carbocycles. The molecule has 7 nitrogen and oxygen atoms in total. The summed E-state index contributed by atoms with van der Waals surface area (Å²) in [6.45, 7) is 5.97. The number of hydrogen-bond donors (Lipinski definition) is 1. The van der Waals surface area contributed by atoms with Crippen molar-refractivity contribution in [2.45, 2.75) is 39.4 Å². The van der Waals surface area contributed by atoms with Crippen molar-refractivity contribution in [1.29, 1.82) is 0 Å². The minimum Gasteiger partial charge on any atom is -0.335 e. The van der Waals surface area contributed by atoms with Crippen LogP contribution in [0.4, 0.5) is 4.79 Å². The Morgan fingerprint density at radius 3 is 3.05 bits per heavy atom. The van der Waals surface area contributed by atoms with Gasteiger partial charge in [0, 0.05) is 37.6 Å². The summed E-state index contributed by atoms with van der Waals surface area (Å²) in [4.78, 5) is 22.5. The highest BCUT2D eigenvalue weighted by Crippen LogP contribution is 2.13. The summed E-state index contributed by atoms with van der Waals surface area (Å²) < 4.78 is 1.97. The van der Waals surface area contributed by atoms with Gasteiger partial charge < -0.3 is 10.2 Å². The second-order valence-electron chi connectivity index (χ2n) is 5.67. The SMILES string of the molecule is Cc1cc2n(n1)CCN(C(=O)N[C@@H](C)Cc1cnccn1)C2. The van der Waals surface area contributed by atoms with E-state index in [0.717, 1.165) is 23.6 Å². The lowest BCUT2D eigenvalue weighted by atomic mass is 10.2. The summed E-state index contributed by atoms with van der Waals surface area (Å²) in [7, 11) is 0. The highest BCUT2D eigenvalue weighted by Gasteiger charge is 2.22. The van der Waals surface area contributed by atoms with Crippen LogP contribution >= 0.6 is 0 Å². The summed E-state index contributed by atoms with van der Waals surface area (Å²) in [5, 5.41) is 7.43. The third-order valence-corrected chi connectivity index (χ3v) is 3.71. The molecule has 1 aliphatic rings. The molecule has 1 N–H and O–H groups in total. The molecule has 116 valence electrons. The second kappa shape index (κ2) is 6.13. The van der Waals surface area contributed by atoms with Crippen molar-refractivity contribution in [1.82, 2.24) is 30.0 Å². The van der Waals surface area contributed by atoms with Crippen LogP contribution in [0.25, 0.3) is 0 Å². The number of nitrogens with one attached hydrogen (secondary N) is 1. The van der Waals surface area contributed by atoms with Crippen molar-refractivity contribution >= 4 is 6.03 Å². The fourth-order valence-electron chi connectivity index (χ4n) is 2.69. The number of aromatic nitrogens is 4. The highest BCUT2D eigenvalue weighted by atomic mass is 16.2. The first kappa shape index (κ1) is 14.5. The zero-order valence-electron chi connectivity index (χ0n) is 12.9. The number of amides is 2. The molecular formula is C15H20N6O. The Morgan fingerprint density at radius 2 is 2.27 bits per heavy atom. The van der Waals surface area contributed by atoms with Crippen LogP contribution in [-0.2, 0) is 19.5 Å². The molecule has 0 fully saturated rings. The molecule has 3 rings (SSSR count). The maximum absolute atomic E-state index is 12.4. The van der Waals surface area contributed by atoms with Gasteiger partial charge in [-0.3, -0.25) is 14.6 Å². The Bertz CT molecular complexity index is 653. The molecule has 1 aliphatic heterocycles. The Kier molecular flexibility index (Phi) is 4.04. The number of fused-ring (bicyclic) bond motifs is 1. The predicted molar refractivity (Wildman–Crippen MR) is 81.1 cm³/mol. The number of urea groups is 1. The van der Waals surface area contributed by atoms with Gasteiger partial charge in [-0.1, -0.05) is 0 Å². The normalized spacial score (nSPS) is 15.3. The fourth-order valence-corrected chi connectivity index (χ4v) is 2.69. The third kappa shape index (κ3) is 3.24. The largest absolute Gasteiger partial charge is 0.335 e. The molecule has 3 heterocycles. The van der Waals surface area contributed by atoms with Crippen molar-refractivity contribution in [3.8, 4) is 0 Å². The van der Waals surface area contributed by atoms with E-state index in [1.165, 1.54) is 0 Å². The van der Waals surface area contributed by atoms with Gasteiger partial charge in [0.2, 0.25) is 0 Å². The van der Waals surface area contributed by atoms with Gasteiger partial charge in [-0.05, 0) is 19.9 Å². The summed E-state index contributed by atoms with van der Waals surface area (Å²) >= 11 is 0. The van der Waals surface area contributed by atoms with Gasteiger partial charge in [0.05, 0.1) is 30.2 Å². The molecule has 1 atom stereocenters. The van der Waals surface area contributed by atoms with Crippen LogP contribution in [0.3, 0.4) is 0 Å². The van der Waals surface area contributed by atoms with Gasteiger partial charge in [-0.2, -0.15) is 5.10 Å². The number of nitrogens with zero attached hydrogens (tertiary/aromatic N) is 5. The van der Waals surface area contributed by atoms with Crippen molar-refractivity contribution in [2.24, 2.45) is 0 Å².